The highest BCUT2D eigenvalue weighted by Crippen LogP contribution is 2.33. The number of fused-ring (bicyclic) bond motifs is 4. The molecule has 0 saturated heterocycles. The van der Waals surface area contributed by atoms with Crippen molar-refractivity contribution >= 4 is 10.9 Å². The molecule has 0 aliphatic carbocycles. The molecule has 88 valence electrons. The molecule has 3 heterocycles. The second-order valence-corrected chi connectivity index (χ2v) is 4.92. The fraction of sp³-hybridized carbons (Fsp3) is 0.188. The average Bonchev–Trinajstić information content (AvgIpc) is 2.88. The maximum atomic E-state index is 4.87. The Bertz CT molecular complexity index is 753. The minimum absolute atomic E-state index is 1.07. The Morgan fingerprint density at radius 3 is 2.94 bits per heavy atom. The first-order valence-electron chi connectivity index (χ1n) is 6.38. The molecule has 2 aromatic heterocycles. The van der Waals surface area contributed by atoms with Gasteiger partial charge in [0.25, 0.3) is 0 Å². The Hall–Kier alpha value is -2.09. The summed E-state index contributed by atoms with van der Waals surface area (Å²) in [5.74, 6) is 0. The van der Waals surface area contributed by atoms with Gasteiger partial charge in [0.05, 0.1) is 16.9 Å². The van der Waals surface area contributed by atoms with Gasteiger partial charge in [-0.2, -0.15) is 0 Å². The Balaban J connectivity index is 2.13. The van der Waals surface area contributed by atoms with Crippen molar-refractivity contribution in [3.8, 4) is 11.4 Å². The third-order valence-electron chi connectivity index (χ3n) is 3.95. The molecule has 0 spiro atoms. The molecular formula is C16H14N2. The molecule has 0 fully saturated rings. The number of aryl methyl sites for hydroxylation is 2. The van der Waals surface area contributed by atoms with Gasteiger partial charge in [-0.05, 0) is 42.7 Å². The number of pyridine rings is 1. The van der Waals surface area contributed by atoms with Crippen LogP contribution in [0.2, 0.25) is 0 Å². The maximum Gasteiger partial charge on any atom is 0.0909 e. The summed E-state index contributed by atoms with van der Waals surface area (Å²) in [4.78, 5) is 4.87. The molecule has 0 bridgehead atoms. The van der Waals surface area contributed by atoms with E-state index < -0.39 is 0 Å². The van der Waals surface area contributed by atoms with E-state index in [4.69, 9.17) is 4.98 Å². The molecule has 1 aliphatic heterocycles. The summed E-state index contributed by atoms with van der Waals surface area (Å²) in [6.45, 7) is 3.29. The Morgan fingerprint density at radius 2 is 2.00 bits per heavy atom. The van der Waals surface area contributed by atoms with Crippen LogP contribution in [0, 0.1) is 6.92 Å². The Kier molecular flexibility index (Phi) is 1.90. The van der Waals surface area contributed by atoms with Crippen LogP contribution in [0.1, 0.15) is 11.1 Å². The lowest BCUT2D eigenvalue weighted by Gasteiger charge is -2.21. The van der Waals surface area contributed by atoms with Crippen molar-refractivity contribution in [2.24, 2.45) is 0 Å². The van der Waals surface area contributed by atoms with Crippen molar-refractivity contribution in [1.29, 1.82) is 0 Å². The van der Waals surface area contributed by atoms with Gasteiger partial charge in [0.15, 0.2) is 0 Å². The molecule has 2 heteroatoms. The molecule has 18 heavy (non-hydrogen) atoms. The number of aromatic nitrogens is 2. The third kappa shape index (κ3) is 1.20. The molecule has 3 aromatic rings. The fourth-order valence-corrected chi connectivity index (χ4v) is 2.99. The van der Waals surface area contributed by atoms with Crippen LogP contribution < -0.4 is 0 Å². The highest BCUT2D eigenvalue weighted by atomic mass is 15.0. The molecule has 2 nitrogen and oxygen atoms in total. The number of hydrogen-bond acceptors (Lipinski definition) is 1. The molecule has 0 atom stereocenters. The first kappa shape index (κ1) is 9.89. The van der Waals surface area contributed by atoms with E-state index >= 15 is 0 Å². The molecule has 0 saturated carbocycles. The van der Waals surface area contributed by atoms with E-state index in [1.54, 1.807) is 0 Å². The van der Waals surface area contributed by atoms with Crippen molar-refractivity contribution in [2.75, 3.05) is 0 Å². The van der Waals surface area contributed by atoms with Gasteiger partial charge in [-0.25, -0.2) is 4.98 Å². The van der Waals surface area contributed by atoms with Crippen LogP contribution in [0.3, 0.4) is 0 Å². The zero-order valence-corrected chi connectivity index (χ0v) is 10.4. The number of hydrogen-bond donors (Lipinski definition) is 0. The standard InChI is InChI=1S/C16H14N2/c1-11-12-5-2-3-6-14(12)17-16-13(11)8-10-18-9-4-7-15(16)18/h2-7,9H,8,10H2,1H3. The van der Waals surface area contributed by atoms with E-state index in [-0.39, 0.29) is 0 Å². The summed E-state index contributed by atoms with van der Waals surface area (Å²) >= 11 is 0. The van der Waals surface area contributed by atoms with Crippen LogP contribution in [0.4, 0.5) is 0 Å². The van der Waals surface area contributed by atoms with Crippen LogP contribution in [-0.2, 0) is 13.0 Å². The van der Waals surface area contributed by atoms with Crippen molar-refractivity contribution in [3.63, 3.8) is 0 Å². The quantitative estimate of drug-likeness (QED) is 0.581. The minimum Gasteiger partial charge on any atom is -0.346 e. The van der Waals surface area contributed by atoms with Crippen LogP contribution in [-0.4, -0.2) is 9.55 Å². The first-order valence-corrected chi connectivity index (χ1v) is 6.38. The van der Waals surface area contributed by atoms with Crippen molar-refractivity contribution in [3.05, 3.63) is 53.7 Å². The zero-order valence-electron chi connectivity index (χ0n) is 10.4. The number of para-hydroxylation sites is 1. The average molecular weight is 234 g/mol. The third-order valence-corrected chi connectivity index (χ3v) is 3.95. The summed E-state index contributed by atoms with van der Waals surface area (Å²) in [5.41, 5.74) is 6.33. The van der Waals surface area contributed by atoms with E-state index in [0.29, 0.717) is 0 Å². The first-order chi connectivity index (χ1) is 8.84. The van der Waals surface area contributed by atoms with Crippen molar-refractivity contribution in [1.82, 2.24) is 9.55 Å². The number of nitrogens with zero attached hydrogens (tertiary/aromatic N) is 2. The Morgan fingerprint density at radius 1 is 1.11 bits per heavy atom. The van der Waals surface area contributed by atoms with E-state index in [1.807, 2.05) is 0 Å². The van der Waals surface area contributed by atoms with Gasteiger partial charge in [-0.3, -0.25) is 0 Å². The largest absolute Gasteiger partial charge is 0.346 e. The van der Waals surface area contributed by atoms with Gasteiger partial charge in [0, 0.05) is 18.1 Å². The van der Waals surface area contributed by atoms with Gasteiger partial charge in [-0.1, -0.05) is 18.2 Å². The van der Waals surface area contributed by atoms with Gasteiger partial charge in [0.1, 0.15) is 0 Å². The minimum atomic E-state index is 1.07. The highest BCUT2D eigenvalue weighted by molar-refractivity contribution is 5.87. The topological polar surface area (TPSA) is 17.8 Å². The predicted molar refractivity (Wildman–Crippen MR) is 73.6 cm³/mol. The molecule has 0 radical (unpaired) electrons. The number of benzene rings is 1. The number of rotatable bonds is 0. The maximum absolute atomic E-state index is 4.87. The van der Waals surface area contributed by atoms with E-state index in [1.165, 1.54) is 27.9 Å². The lowest BCUT2D eigenvalue weighted by molar-refractivity contribution is 0.683. The lowest BCUT2D eigenvalue weighted by atomic mass is 9.96. The van der Waals surface area contributed by atoms with Gasteiger partial charge < -0.3 is 4.57 Å². The van der Waals surface area contributed by atoms with Crippen molar-refractivity contribution in [2.45, 2.75) is 19.9 Å². The monoisotopic (exact) mass is 234 g/mol. The van der Waals surface area contributed by atoms with Crippen LogP contribution in [0.25, 0.3) is 22.3 Å². The predicted octanol–water partition coefficient (Wildman–Crippen LogP) is 3.57. The second kappa shape index (κ2) is 3.45. The normalized spacial score (nSPS) is 13.4. The molecular weight excluding hydrogens is 220 g/mol. The second-order valence-electron chi connectivity index (χ2n) is 4.92. The van der Waals surface area contributed by atoms with Crippen LogP contribution >= 0.6 is 0 Å². The molecule has 1 aromatic carbocycles. The Labute approximate surface area is 106 Å². The zero-order chi connectivity index (χ0) is 12.1. The summed E-state index contributed by atoms with van der Waals surface area (Å²) in [7, 11) is 0. The summed E-state index contributed by atoms with van der Waals surface area (Å²) in [6, 6.07) is 12.7. The van der Waals surface area contributed by atoms with E-state index in [9.17, 15) is 0 Å². The molecule has 4 rings (SSSR count). The fourth-order valence-electron chi connectivity index (χ4n) is 2.99. The van der Waals surface area contributed by atoms with Gasteiger partial charge in [-0.15, -0.1) is 0 Å². The molecule has 0 amide bonds. The lowest BCUT2D eigenvalue weighted by Crippen LogP contribution is -2.12. The SMILES string of the molecule is Cc1c2c(nc3ccccc13)-c1cccn1CC2. The summed E-state index contributed by atoms with van der Waals surface area (Å²) in [6.07, 6.45) is 3.23. The smallest absolute Gasteiger partial charge is 0.0909 e. The molecule has 0 unspecified atom stereocenters. The highest BCUT2D eigenvalue weighted by Gasteiger charge is 2.19. The van der Waals surface area contributed by atoms with E-state index in [2.05, 4.69) is 54.1 Å². The van der Waals surface area contributed by atoms with E-state index in [0.717, 1.165) is 18.5 Å². The summed E-state index contributed by atoms with van der Waals surface area (Å²) in [5, 5.41) is 1.29. The molecule has 1 aliphatic rings. The molecule has 0 N–H and O–H groups in total. The van der Waals surface area contributed by atoms with Crippen LogP contribution in [0.15, 0.2) is 42.6 Å². The van der Waals surface area contributed by atoms with Gasteiger partial charge in [0.2, 0.25) is 0 Å². The van der Waals surface area contributed by atoms with Crippen LogP contribution in [0.5, 0.6) is 0 Å². The van der Waals surface area contributed by atoms with Crippen molar-refractivity contribution < 1.29 is 0 Å². The van der Waals surface area contributed by atoms with Gasteiger partial charge >= 0.3 is 0 Å². The summed E-state index contributed by atoms with van der Waals surface area (Å²) < 4.78 is 2.30.